The van der Waals surface area contributed by atoms with Gasteiger partial charge in [-0.1, -0.05) is 42.5 Å². The van der Waals surface area contributed by atoms with E-state index in [-0.39, 0.29) is 17.3 Å². The fourth-order valence-electron chi connectivity index (χ4n) is 3.31. The molecule has 3 aromatic carbocycles. The molecule has 0 spiro atoms. The van der Waals surface area contributed by atoms with Gasteiger partial charge in [0.2, 0.25) is 5.91 Å². The Morgan fingerprint density at radius 2 is 1.65 bits per heavy atom. The van der Waals surface area contributed by atoms with Gasteiger partial charge in [0.05, 0.1) is 17.2 Å². The van der Waals surface area contributed by atoms with Gasteiger partial charge in [0.15, 0.2) is 0 Å². The summed E-state index contributed by atoms with van der Waals surface area (Å²) in [6, 6.07) is 23.0. The second-order valence-corrected chi connectivity index (χ2v) is 10.5. The third-order valence-electron chi connectivity index (χ3n) is 5.14. The molecule has 0 atom stereocenters. The van der Waals surface area contributed by atoms with Crippen LogP contribution in [0.5, 0.6) is 5.75 Å². The molecule has 0 saturated heterocycles. The van der Waals surface area contributed by atoms with Crippen LogP contribution in [0.15, 0.2) is 83.8 Å². The number of anilines is 1. The largest absolute Gasteiger partial charge is 0.494 e. The lowest BCUT2D eigenvalue weighted by Crippen LogP contribution is -2.41. The second kappa shape index (κ2) is 12.5. The summed E-state index contributed by atoms with van der Waals surface area (Å²) in [6.07, 6.45) is 0. The Labute approximate surface area is 206 Å². The molecule has 0 aliphatic rings. The third-order valence-corrected chi connectivity index (χ3v) is 7.94. The number of rotatable bonds is 12. The van der Waals surface area contributed by atoms with Crippen LogP contribution in [0.4, 0.5) is 5.69 Å². The van der Waals surface area contributed by atoms with E-state index in [2.05, 4.69) is 24.4 Å². The molecule has 0 aromatic heterocycles. The van der Waals surface area contributed by atoms with Crippen LogP contribution in [0.2, 0.25) is 0 Å². The normalized spacial score (nSPS) is 11.1. The van der Waals surface area contributed by atoms with Gasteiger partial charge in [-0.15, -0.1) is 0 Å². The molecule has 6 nitrogen and oxygen atoms in total. The molecule has 180 valence electrons. The number of amides is 1. The summed E-state index contributed by atoms with van der Waals surface area (Å²) in [7, 11) is -3.92. The first kappa shape index (κ1) is 25.6. The van der Waals surface area contributed by atoms with E-state index >= 15 is 0 Å². The van der Waals surface area contributed by atoms with E-state index in [4.69, 9.17) is 4.74 Å². The molecule has 1 N–H and O–H groups in total. The minimum Gasteiger partial charge on any atom is -0.494 e. The first-order chi connectivity index (χ1) is 16.4. The van der Waals surface area contributed by atoms with E-state index in [0.29, 0.717) is 24.6 Å². The lowest BCUT2D eigenvalue weighted by atomic mass is 10.1. The average Bonchev–Trinajstić information content (AvgIpc) is 2.85. The third kappa shape index (κ3) is 7.01. The minimum atomic E-state index is -3.92. The zero-order chi connectivity index (χ0) is 24.4. The van der Waals surface area contributed by atoms with E-state index in [1.807, 2.05) is 19.1 Å². The molecule has 0 radical (unpaired) electrons. The number of aryl methyl sites for hydroxylation is 1. The molecule has 3 rings (SSSR count). The van der Waals surface area contributed by atoms with Gasteiger partial charge in [-0.3, -0.25) is 9.10 Å². The molecule has 34 heavy (non-hydrogen) atoms. The average molecular weight is 499 g/mol. The molecule has 0 aliphatic carbocycles. The number of ether oxygens (including phenoxy) is 1. The van der Waals surface area contributed by atoms with Crippen molar-refractivity contribution in [3.63, 3.8) is 0 Å². The Kier molecular flexibility index (Phi) is 9.42. The number of thioether (sulfide) groups is 1. The summed E-state index contributed by atoms with van der Waals surface area (Å²) < 4.78 is 33.3. The van der Waals surface area contributed by atoms with Crippen molar-refractivity contribution in [3.05, 3.63) is 90.0 Å². The highest BCUT2D eigenvalue weighted by Crippen LogP contribution is 2.25. The van der Waals surface area contributed by atoms with Crippen molar-refractivity contribution in [1.29, 1.82) is 0 Å². The van der Waals surface area contributed by atoms with Crippen LogP contribution in [0.25, 0.3) is 0 Å². The fraction of sp³-hybridized carbons (Fsp3) is 0.269. The quantitative estimate of drug-likeness (QED) is 0.368. The van der Waals surface area contributed by atoms with Crippen LogP contribution in [-0.4, -0.2) is 39.8 Å². The van der Waals surface area contributed by atoms with Crippen LogP contribution in [0, 0.1) is 6.92 Å². The molecule has 0 fully saturated rings. The highest BCUT2D eigenvalue weighted by Gasteiger charge is 2.27. The van der Waals surface area contributed by atoms with E-state index < -0.39 is 10.0 Å². The van der Waals surface area contributed by atoms with Crippen LogP contribution < -0.4 is 14.4 Å². The Bertz CT molecular complexity index is 1170. The molecule has 3 aromatic rings. The van der Waals surface area contributed by atoms with Gasteiger partial charge in [0, 0.05) is 18.1 Å². The van der Waals surface area contributed by atoms with Crippen molar-refractivity contribution in [2.45, 2.75) is 24.5 Å². The molecule has 0 heterocycles. The van der Waals surface area contributed by atoms with Gasteiger partial charge in [0.1, 0.15) is 12.3 Å². The van der Waals surface area contributed by atoms with Crippen LogP contribution in [0.3, 0.4) is 0 Å². The maximum Gasteiger partial charge on any atom is 0.264 e. The number of hydrogen-bond donors (Lipinski definition) is 1. The van der Waals surface area contributed by atoms with Crippen LogP contribution in [-0.2, 0) is 20.6 Å². The summed E-state index contributed by atoms with van der Waals surface area (Å²) in [6.45, 7) is 4.62. The van der Waals surface area contributed by atoms with Crippen molar-refractivity contribution >= 4 is 33.4 Å². The van der Waals surface area contributed by atoms with Gasteiger partial charge in [-0.2, -0.15) is 11.8 Å². The second-order valence-electron chi connectivity index (χ2n) is 7.58. The number of carbonyl (C=O) groups excluding carboxylic acids is 1. The van der Waals surface area contributed by atoms with E-state index in [0.717, 1.165) is 15.8 Å². The Morgan fingerprint density at radius 3 is 2.32 bits per heavy atom. The summed E-state index contributed by atoms with van der Waals surface area (Å²) in [5.74, 6) is 1.88. The first-order valence-corrected chi connectivity index (χ1v) is 13.7. The molecule has 1 amide bonds. The van der Waals surface area contributed by atoms with Crippen molar-refractivity contribution in [1.82, 2.24) is 5.32 Å². The number of nitrogens with one attached hydrogen (secondary N) is 1. The molecule has 0 saturated carbocycles. The van der Waals surface area contributed by atoms with Gasteiger partial charge in [-0.25, -0.2) is 8.42 Å². The zero-order valence-corrected chi connectivity index (χ0v) is 21.1. The van der Waals surface area contributed by atoms with E-state index in [9.17, 15) is 13.2 Å². The van der Waals surface area contributed by atoms with Crippen molar-refractivity contribution in [3.8, 4) is 5.75 Å². The van der Waals surface area contributed by atoms with Gasteiger partial charge >= 0.3 is 0 Å². The SMILES string of the molecule is CCOc1ccc(N(CC(=O)NCCSCc2ccccc2C)S(=O)(=O)c2ccccc2)cc1. The summed E-state index contributed by atoms with van der Waals surface area (Å²) >= 11 is 1.73. The zero-order valence-electron chi connectivity index (χ0n) is 19.4. The number of hydrogen-bond acceptors (Lipinski definition) is 5. The Balaban J connectivity index is 1.65. The lowest BCUT2D eigenvalue weighted by molar-refractivity contribution is -0.119. The predicted octanol–water partition coefficient (Wildman–Crippen LogP) is 4.64. The molecular formula is C26H30N2O4S2. The predicted molar refractivity (Wildman–Crippen MR) is 139 cm³/mol. The summed E-state index contributed by atoms with van der Waals surface area (Å²) in [5, 5.41) is 2.85. The summed E-state index contributed by atoms with van der Waals surface area (Å²) in [4.78, 5) is 12.8. The van der Waals surface area contributed by atoms with Crippen molar-refractivity contribution < 1.29 is 17.9 Å². The minimum absolute atomic E-state index is 0.130. The maximum atomic E-state index is 13.4. The van der Waals surface area contributed by atoms with E-state index in [1.54, 1.807) is 54.2 Å². The highest BCUT2D eigenvalue weighted by molar-refractivity contribution is 7.98. The number of sulfonamides is 1. The molecular weight excluding hydrogens is 468 g/mol. The molecule has 8 heteroatoms. The molecule has 0 unspecified atom stereocenters. The topological polar surface area (TPSA) is 75.7 Å². The van der Waals surface area contributed by atoms with Crippen LogP contribution in [0.1, 0.15) is 18.1 Å². The number of nitrogens with zero attached hydrogens (tertiary/aromatic N) is 1. The molecule has 0 bridgehead atoms. The smallest absolute Gasteiger partial charge is 0.264 e. The fourth-order valence-corrected chi connectivity index (χ4v) is 5.69. The van der Waals surface area contributed by atoms with Gasteiger partial charge in [0.25, 0.3) is 10.0 Å². The maximum absolute atomic E-state index is 13.4. The highest BCUT2D eigenvalue weighted by atomic mass is 32.2. The number of carbonyl (C=O) groups is 1. The Morgan fingerprint density at radius 1 is 0.971 bits per heavy atom. The van der Waals surface area contributed by atoms with Crippen molar-refractivity contribution in [2.24, 2.45) is 0 Å². The summed E-state index contributed by atoms with van der Waals surface area (Å²) in [5.41, 5.74) is 2.92. The Hall–Kier alpha value is -2.97. The van der Waals surface area contributed by atoms with Gasteiger partial charge in [-0.05, 0) is 61.4 Å². The van der Waals surface area contributed by atoms with E-state index in [1.165, 1.54) is 23.3 Å². The van der Waals surface area contributed by atoms with Crippen molar-refractivity contribution in [2.75, 3.05) is 29.8 Å². The standard InChI is InChI=1S/C26H30N2O4S2/c1-3-32-24-15-13-23(14-16-24)28(34(30,31)25-11-5-4-6-12-25)19-26(29)27-17-18-33-20-22-10-8-7-9-21(22)2/h4-16H,3,17-20H2,1-2H3,(H,27,29). The molecule has 0 aliphatic heterocycles. The first-order valence-electron chi connectivity index (χ1n) is 11.1. The van der Waals surface area contributed by atoms with Gasteiger partial charge < -0.3 is 10.1 Å². The van der Waals surface area contributed by atoms with Crippen LogP contribution >= 0.6 is 11.8 Å². The lowest BCUT2D eigenvalue weighted by Gasteiger charge is -2.24. The number of benzene rings is 3. The monoisotopic (exact) mass is 498 g/mol.